The zero-order valence-corrected chi connectivity index (χ0v) is 14.3. The number of aryl methyl sites for hydroxylation is 1. The number of pyridine rings is 1. The van der Waals surface area contributed by atoms with Gasteiger partial charge in [0.2, 0.25) is 5.16 Å². The molecule has 1 aromatic carbocycles. The second-order valence-electron chi connectivity index (χ2n) is 4.65. The summed E-state index contributed by atoms with van der Waals surface area (Å²) in [6.07, 6.45) is 1.57. The first kappa shape index (κ1) is 16.7. The lowest BCUT2D eigenvalue weighted by Crippen LogP contribution is -2.19. The van der Waals surface area contributed by atoms with Gasteiger partial charge in [0.1, 0.15) is 23.4 Å². The van der Waals surface area contributed by atoms with Gasteiger partial charge in [-0.05, 0) is 18.2 Å². The van der Waals surface area contributed by atoms with Crippen LogP contribution < -0.4 is 10.3 Å². The van der Waals surface area contributed by atoms with Crippen molar-refractivity contribution in [3.05, 3.63) is 51.9 Å². The van der Waals surface area contributed by atoms with Gasteiger partial charge >= 0.3 is 0 Å². The van der Waals surface area contributed by atoms with Crippen LogP contribution in [0.4, 0.5) is 0 Å². The van der Waals surface area contributed by atoms with Crippen molar-refractivity contribution in [3.63, 3.8) is 0 Å². The van der Waals surface area contributed by atoms with Gasteiger partial charge in [0.05, 0.1) is 12.1 Å². The van der Waals surface area contributed by atoms with Crippen LogP contribution in [0.2, 0.25) is 5.02 Å². The summed E-state index contributed by atoms with van der Waals surface area (Å²) >= 11 is 6.92. The summed E-state index contributed by atoms with van der Waals surface area (Å²) in [5.41, 5.74) is 0.105. The predicted molar refractivity (Wildman–Crippen MR) is 90.3 cm³/mol. The number of para-hydroxylation sites is 1. The highest BCUT2D eigenvalue weighted by molar-refractivity contribution is 7.94. The van der Waals surface area contributed by atoms with Gasteiger partial charge < -0.3 is 4.74 Å². The summed E-state index contributed by atoms with van der Waals surface area (Å²) < 4.78 is 11.7. The van der Waals surface area contributed by atoms with Crippen LogP contribution in [-0.2, 0) is 16.3 Å². The highest BCUT2D eigenvalue weighted by Crippen LogP contribution is 2.28. The standard InChI is InChI=1S/C15H12ClN3O4S/c1-19-13-9(8-17-15(18-13)24-23-21-2)7-12(14(19)20)22-11-6-4-3-5-10(11)16/h3-8H,1-2H3. The minimum absolute atomic E-state index is 0.134. The van der Waals surface area contributed by atoms with Crippen molar-refractivity contribution in [1.82, 2.24) is 14.5 Å². The van der Waals surface area contributed by atoms with Crippen LogP contribution in [0.5, 0.6) is 11.5 Å². The van der Waals surface area contributed by atoms with Gasteiger partial charge in [-0.15, -0.1) is 0 Å². The number of rotatable bonds is 5. The zero-order chi connectivity index (χ0) is 17.1. The van der Waals surface area contributed by atoms with E-state index in [4.69, 9.17) is 20.7 Å². The molecule has 124 valence electrons. The molecule has 0 N–H and O–H groups in total. The topological polar surface area (TPSA) is 75.5 Å². The molecule has 2 heterocycles. The molecule has 0 saturated heterocycles. The van der Waals surface area contributed by atoms with E-state index < -0.39 is 0 Å². The molecule has 3 aromatic rings. The van der Waals surface area contributed by atoms with E-state index >= 15 is 0 Å². The second kappa shape index (κ2) is 7.18. The molecular formula is C15H12ClN3O4S. The molecule has 2 aromatic heterocycles. The summed E-state index contributed by atoms with van der Waals surface area (Å²) in [7, 11) is 2.98. The van der Waals surface area contributed by atoms with E-state index in [1.807, 2.05) is 0 Å². The molecule has 0 bridgehead atoms. The van der Waals surface area contributed by atoms with Crippen LogP contribution in [0.1, 0.15) is 0 Å². The number of nitrogens with zero attached hydrogens (tertiary/aromatic N) is 3. The number of halogens is 1. The summed E-state index contributed by atoms with van der Waals surface area (Å²) in [5, 5.41) is 1.37. The Labute approximate surface area is 146 Å². The fraction of sp³-hybridized carbons (Fsp3) is 0.133. The molecular weight excluding hydrogens is 354 g/mol. The third-order valence-corrected chi connectivity index (χ3v) is 3.99. The van der Waals surface area contributed by atoms with Crippen LogP contribution in [0, 0.1) is 0 Å². The van der Waals surface area contributed by atoms with Crippen LogP contribution in [0.25, 0.3) is 11.0 Å². The average Bonchev–Trinajstić information content (AvgIpc) is 2.59. The summed E-state index contributed by atoms with van der Waals surface area (Å²) in [5.74, 6) is 0.535. The molecule has 0 aliphatic heterocycles. The van der Waals surface area contributed by atoms with Gasteiger partial charge in [0, 0.05) is 18.6 Å². The molecule has 0 unspecified atom stereocenters. The molecule has 0 atom stereocenters. The smallest absolute Gasteiger partial charge is 0.294 e. The van der Waals surface area contributed by atoms with Crippen molar-refractivity contribution in [1.29, 1.82) is 0 Å². The second-order valence-corrected chi connectivity index (χ2v) is 5.73. The molecule has 9 heteroatoms. The fourth-order valence-electron chi connectivity index (χ4n) is 2.03. The van der Waals surface area contributed by atoms with Crippen LogP contribution in [-0.4, -0.2) is 21.6 Å². The Balaban J connectivity index is 2.03. The van der Waals surface area contributed by atoms with Crippen molar-refractivity contribution in [3.8, 4) is 11.5 Å². The lowest BCUT2D eigenvalue weighted by molar-refractivity contribution is -0.160. The number of hydrogen-bond acceptors (Lipinski definition) is 7. The molecule has 0 amide bonds. The van der Waals surface area contributed by atoms with Gasteiger partial charge in [0.15, 0.2) is 5.75 Å². The number of aromatic nitrogens is 3. The average molecular weight is 366 g/mol. The lowest BCUT2D eigenvalue weighted by atomic mass is 10.3. The minimum atomic E-state index is -0.343. The third kappa shape index (κ3) is 3.36. The maximum atomic E-state index is 12.5. The quantitative estimate of drug-likeness (QED) is 0.297. The van der Waals surface area contributed by atoms with Crippen LogP contribution in [0.15, 0.2) is 46.5 Å². The Morgan fingerprint density at radius 1 is 1.25 bits per heavy atom. The Kier molecular flexibility index (Phi) is 5.00. The Hall–Kier alpha value is -2.13. The molecule has 0 aliphatic rings. The zero-order valence-electron chi connectivity index (χ0n) is 12.7. The highest BCUT2D eigenvalue weighted by Gasteiger charge is 2.13. The molecule has 3 rings (SSSR count). The molecule has 24 heavy (non-hydrogen) atoms. The van der Waals surface area contributed by atoms with Gasteiger partial charge in [-0.2, -0.15) is 4.33 Å². The lowest BCUT2D eigenvalue weighted by Gasteiger charge is -2.10. The normalized spacial score (nSPS) is 11.0. The number of fused-ring (bicyclic) bond motifs is 1. The number of ether oxygens (including phenoxy) is 1. The van der Waals surface area contributed by atoms with Crippen molar-refractivity contribution in [2.75, 3.05) is 7.11 Å². The van der Waals surface area contributed by atoms with E-state index in [2.05, 4.69) is 14.9 Å². The SMILES string of the molecule is COOSc1ncc2cc(Oc3ccccc3Cl)c(=O)n(C)c2n1. The van der Waals surface area contributed by atoms with Crippen LogP contribution in [0.3, 0.4) is 0 Å². The van der Waals surface area contributed by atoms with Gasteiger partial charge in [0.25, 0.3) is 5.56 Å². The predicted octanol–water partition coefficient (Wildman–Crippen LogP) is 3.36. The summed E-state index contributed by atoms with van der Waals surface area (Å²) in [6.45, 7) is 0. The van der Waals surface area contributed by atoms with Gasteiger partial charge in [-0.25, -0.2) is 14.9 Å². The van der Waals surface area contributed by atoms with E-state index in [1.54, 1.807) is 43.6 Å². The van der Waals surface area contributed by atoms with E-state index in [0.717, 1.165) is 12.0 Å². The van der Waals surface area contributed by atoms with Crippen molar-refractivity contribution < 1.29 is 14.0 Å². The minimum Gasteiger partial charge on any atom is -0.450 e. The number of hydrogen-bond donors (Lipinski definition) is 0. The van der Waals surface area contributed by atoms with E-state index in [1.165, 1.54) is 11.7 Å². The largest absolute Gasteiger partial charge is 0.450 e. The van der Waals surface area contributed by atoms with E-state index in [9.17, 15) is 4.79 Å². The maximum absolute atomic E-state index is 12.5. The Morgan fingerprint density at radius 2 is 2.04 bits per heavy atom. The molecule has 7 nitrogen and oxygen atoms in total. The Bertz CT molecular complexity index is 948. The summed E-state index contributed by atoms with van der Waals surface area (Å²) in [4.78, 5) is 25.4. The Morgan fingerprint density at radius 3 is 2.79 bits per heavy atom. The first-order valence-corrected chi connectivity index (χ1v) is 7.88. The van der Waals surface area contributed by atoms with E-state index in [0.29, 0.717) is 27.0 Å². The van der Waals surface area contributed by atoms with Crippen molar-refractivity contribution in [2.24, 2.45) is 7.05 Å². The monoisotopic (exact) mass is 365 g/mol. The molecule has 0 saturated carbocycles. The van der Waals surface area contributed by atoms with Crippen LogP contribution >= 0.6 is 23.6 Å². The fourth-order valence-corrected chi connectivity index (χ4v) is 2.55. The highest BCUT2D eigenvalue weighted by atomic mass is 35.5. The van der Waals surface area contributed by atoms with Crippen molar-refractivity contribution in [2.45, 2.75) is 5.16 Å². The molecule has 0 aliphatic carbocycles. The molecule has 0 fully saturated rings. The van der Waals surface area contributed by atoms with Gasteiger partial charge in [-0.3, -0.25) is 9.36 Å². The third-order valence-electron chi connectivity index (χ3n) is 3.13. The van der Waals surface area contributed by atoms with E-state index in [-0.39, 0.29) is 11.3 Å². The molecule has 0 radical (unpaired) electrons. The van der Waals surface area contributed by atoms with Crippen molar-refractivity contribution >= 4 is 34.7 Å². The first-order chi connectivity index (χ1) is 11.6. The van der Waals surface area contributed by atoms with Gasteiger partial charge in [-0.1, -0.05) is 23.7 Å². The first-order valence-electron chi connectivity index (χ1n) is 6.76. The molecule has 0 spiro atoms. The number of benzene rings is 1. The maximum Gasteiger partial charge on any atom is 0.294 e. The summed E-state index contributed by atoms with van der Waals surface area (Å²) in [6, 6.07) is 8.50.